The van der Waals surface area contributed by atoms with Crippen LogP contribution in [0.3, 0.4) is 0 Å². The minimum Gasteiger partial charge on any atom is -0.402 e. The minimum absolute atomic E-state index is 0.142. The zero-order valence-electron chi connectivity index (χ0n) is 19.3. The van der Waals surface area contributed by atoms with Gasteiger partial charge in [0.15, 0.2) is 5.84 Å². The summed E-state index contributed by atoms with van der Waals surface area (Å²) in [5.74, 6) is 0.888. The molecule has 0 aliphatic carbocycles. The van der Waals surface area contributed by atoms with Crippen LogP contribution in [0, 0.1) is 19.3 Å². The first kappa shape index (κ1) is 23.8. The Hall–Kier alpha value is -2.89. The third-order valence-electron chi connectivity index (χ3n) is 5.62. The largest absolute Gasteiger partial charge is 0.414 e. The summed E-state index contributed by atoms with van der Waals surface area (Å²) in [6.45, 7) is 8.38. The minimum atomic E-state index is 0.142. The first-order chi connectivity index (χ1) is 15.4. The van der Waals surface area contributed by atoms with Crippen LogP contribution in [0.5, 0.6) is 5.75 Å². The summed E-state index contributed by atoms with van der Waals surface area (Å²) in [6, 6.07) is 22.2. The lowest BCUT2D eigenvalue weighted by Gasteiger charge is -2.16. The summed E-state index contributed by atoms with van der Waals surface area (Å²) in [5.41, 5.74) is 6.56. The van der Waals surface area contributed by atoms with Crippen molar-refractivity contribution in [3.63, 3.8) is 0 Å². The van der Waals surface area contributed by atoms with Crippen molar-refractivity contribution >= 4 is 23.7 Å². The topological polar surface area (TPSA) is 48.7 Å². The summed E-state index contributed by atoms with van der Waals surface area (Å²) in [5, 5.41) is 8.61. The quantitative estimate of drug-likeness (QED) is 0.307. The molecule has 0 saturated heterocycles. The van der Waals surface area contributed by atoms with Crippen LogP contribution < -0.4 is 4.74 Å². The van der Waals surface area contributed by atoms with Crippen molar-refractivity contribution in [1.29, 1.82) is 5.41 Å². The fourth-order valence-corrected chi connectivity index (χ4v) is 3.66. The molecular formula is C27H32N3OS+. The van der Waals surface area contributed by atoms with E-state index in [0.717, 1.165) is 47.5 Å². The van der Waals surface area contributed by atoms with Gasteiger partial charge in [-0.05, 0) is 67.7 Å². The van der Waals surface area contributed by atoms with Crippen molar-refractivity contribution < 1.29 is 4.74 Å². The average molecular weight is 447 g/mol. The number of nitrogens with zero attached hydrogens (tertiary/aromatic N) is 2. The van der Waals surface area contributed by atoms with E-state index in [0.29, 0.717) is 0 Å². The van der Waals surface area contributed by atoms with Crippen molar-refractivity contribution in [3.05, 3.63) is 89.0 Å². The van der Waals surface area contributed by atoms with Crippen LogP contribution in [0.25, 0.3) is 11.1 Å². The third kappa shape index (κ3) is 6.31. The van der Waals surface area contributed by atoms with Gasteiger partial charge in [0.05, 0.1) is 12.6 Å². The number of aliphatic imine (C=N–C) groups is 1. The van der Waals surface area contributed by atoms with E-state index in [1.54, 1.807) is 0 Å². The fourth-order valence-electron chi connectivity index (χ4n) is 3.44. The van der Waals surface area contributed by atoms with Crippen LogP contribution in [-0.2, 0) is 19.0 Å². The molecule has 0 aliphatic rings. The van der Waals surface area contributed by atoms with Gasteiger partial charge in [0, 0.05) is 12.1 Å². The van der Waals surface area contributed by atoms with Gasteiger partial charge >= 0.3 is 5.23 Å². The van der Waals surface area contributed by atoms with Gasteiger partial charge < -0.3 is 9.64 Å². The molecule has 0 unspecified atom stereocenters. The number of nitrogens with one attached hydrogen (secondary N) is 1. The highest BCUT2D eigenvalue weighted by Crippen LogP contribution is 2.24. The summed E-state index contributed by atoms with van der Waals surface area (Å²) in [4.78, 5) is 6.60. The van der Waals surface area contributed by atoms with Crippen LogP contribution in [0.4, 0.5) is 0 Å². The maximum absolute atomic E-state index is 8.34. The Kier molecular flexibility index (Phi) is 8.26. The Balaban J connectivity index is 1.68. The number of rotatable bonds is 7. The van der Waals surface area contributed by atoms with Crippen LogP contribution in [0.1, 0.15) is 29.2 Å². The third-order valence-corrected chi connectivity index (χ3v) is 5.84. The second kappa shape index (κ2) is 11.1. The molecule has 166 valence electrons. The van der Waals surface area contributed by atoms with E-state index in [-0.39, 0.29) is 11.1 Å². The van der Waals surface area contributed by atoms with Gasteiger partial charge in [0.2, 0.25) is 0 Å². The van der Waals surface area contributed by atoms with Gasteiger partial charge in [-0.25, -0.2) is 0 Å². The number of benzene rings is 3. The number of amidine groups is 1. The van der Waals surface area contributed by atoms with Crippen LogP contribution in [0.15, 0.2) is 71.7 Å². The smallest absolute Gasteiger partial charge is 0.402 e. The molecule has 32 heavy (non-hydrogen) atoms. The molecule has 0 saturated carbocycles. The SMILES string of the molecule is CCN(C)CCc1cc(C)c(OC([SH2+])=NC(=N)c2ccc(-c3ccccc3)cc2)cc1C. The molecule has 0 aromatic heterocycles. The Morgan fingerprint density at radius 1 is 0.969 bits per heavy atom. The number of aryl methyl sites for hydroxylation is 2. The summed E-state index contributed by atoms with van der Waals surface area (Å²) >= 11 is 3.44. The second-order valence-electron chi connectivity index (χ2n) is 8.00. The lowest BCUT2D eigenvalue weighted by molar-refractivity contribution is 0.357. The van der Waals surface area contributed by atoms with E-state index in [9.17, 15) is 0 Å². The van der Waals surface area contributed by atoms with Crippen LogP contribution in [0.2, 0.25) is 0 Å². The number of hydrogen-bond donors (Lipinski definition) is 1. The van der Waals surface area contributed by atoms with E-state index in [1.165, 1.54) is 11.1 Å². The van der Waals surface area contributed by atoms with Crippen molar-refractivity contribution in [2.45, 2.75) is 27.2 Å². The van der Waals surface area contributed by atoms with E-state index in [4.69, 9.17) is 10.1 Å². The normalized spacial score (nSPS) is 11.6. The van der Waals surface area contributed by atoms with Crippen molar-refractivity contribution in [2.24, 2.45) is 4.99 Å². The maximum atomic E-state index is 8.34. The van der Waals surface area contributed by atoms with Crippen molar-refractivity contribution in [3.8, 4) is 16.9 Å². The molecule has 3 aromatic rings. The molecule has 0 fully saturated rings. The second-order valence-corrected chi connectivity index (χ2v) is 8.43. The zero-order valence-corrected chi connectivity index (χ0v) is 20.3. The van der Waals surface area contributed by atoms with E-state index in [1.807, 2.05) is 55.5 Å². The van der Waals surface area contributed by atoms with Crippen LogP contribution in [-0.4, -0.2) is 36.1 Å². The highest BCUT2D eigenvalue weighted by molar-refractivity contribution is 7.77. The average Bonchev–Trinajstić information content (AvgIpc) is 2.80. The predicted octanol–water partition coefficient (Wildman–Crippen LogP) is 5.24. The highest BCUT2D eigenvalue weighted by atomic mass is 32.1. The van der Waals surface area contributed by atoms with Gasteiger partial charge in [0.25, 0.3) is 0 Å². The molecule has 0 radical (unpaired) electrons. The Labute approximate surface area is 196 Å². The van der Waals surface area contributed by atoms with Gasteiger partial charge in [-0.15, -0.1) is 4.99 Å². The predicted molar refractivity (Wildman–Crippen MR) is 140 cm³/mol. The van der Waals surface area contributed by atoms with Crippen molar-refractivity contribution in [1.82, 2.24) is 4.90 Å². The summed E-state index contributed by atoms with van der Waals surface area (Å²) in [6.07, 6.45) is 1.01. The monoisotopic (exact) mass is 446 g/mol. The van der Waals surface area contributed by atoms with E-state index >= 15 is 0 Å². The number of hydrogen-bond acceptors (Lipinski definition) is 3. The Morgan fingerprint density at radius 2 is 1.62 bits per heavy atom. The lowest BCUT2D eigenvalue weighted by atomic mass is 10.0. The summed E-state index contributed by atoms with van der Waals surface area (Å²) in [7, 11) is 2.14. The molecule has 0 heterocycles. The highest BCUT2D eigenvalue weighted by Gasteiger charge is 2.12. The van der Waals surface area contributed by atoms with Crippen LogP contribution >= 0.6 is 0 Å². The molecule has 0 aliphatic heterocycles. The molecule has 0 atom stereocenters. The zero-order chi connectivity index (χ0) is 23.1. The van der Waals surface area contributed by atoms with E-state index in [2.05, 4.69) is 61.6 Å². The molecule has 1 N–H and O–H groups in total. The standard InChI is InChI=1S/C27H31N3OS/c1-5-30(4)16-15-24-17-20(3)25(18-19(24)2)31-27(32)29-26(28)23-13-11-22(12-14-23)21-9-7-6-8-10-21/h6-14,17-18H,5,15-16H2,1-4H3,(H2,28,29,32)/p+1. The van der Waals surface area contributed by atoms with Gasteiger partial charge in [0.1, 0.15) is 5.75 Å². The molecule has 0 amide bonds. The van der Waals surface area contributed by atoms with Gasteiger partial charge in [-0.2, -0.15) is 0 Å². The molecule has 5 heteroatoms. The van der Waals surface area contributed by atoms with Gasteiger partial charge in [-0.3, -0.25) is 5.41 Å². The Bertz CT molecular complexity index is 1090. The molecule has 0 spiro atoms. The Morgan fingerprint density at radius 3 is 2.28 bits per heavy atom. The molecular weight excluding hydrogens is 414 g/mol. The lowest BCUT2D eigenvalue weighted by Crippen LogP contribution is -2.20. The first-order valence-electron chi connectivity index (χ1n) is 10.9. The van der Waals surface area contributed by atoms with Crippen molar-refractivity contribution in [2.75, 3.05) is 20.1 Å². The molecule has 4 nitrogen and oxygen atoms in total. The maximum Gasteiger partial charge on any atom is 0.414 e. The molecule has 0 bridgehead atoms. The first-order valence-corrected chi connectivity index (χ1v) is 11.4. The summed E-state index contributed by atoms with van der Waals surface area (Å²) < 4.78 is 5.93. The van der Waals surface area contributed by atoms with Gasteiger partial charge in [-0.1, -0.05) is 67.6 Å². The molecule has 3 rings (SSSR count). The van der Waals surface area contributed by atoms with E-state index < -0.39 is 0 Å². The fraction of sp³-hybridized carbons (Fsp3) is 0.259. The number of ether oxygens (including phenoxy) is 1. The molecule has 3 aromatic carbocycles. The number of likely N-dealkylation sites (N-methyl/N-ethyl adjacent to an activating group) is 1.